The standard InChI is InChI=1S/C21H27NOS/c1-14(20(23)22-7-6-18-4-2-3-5-19(18)22)24-21-11-15-8-16(12-21)10-17(9-15)13-21/h2-5,14-17H,6-13H2,1H3/t14-,15?,16?,17?,21?/m0/s1. The van der Waals surface area contributed by atoms with Crippen molar-refractivity contribution in [1.29, 1.82) is 0 Å². The van der Waals surface area contributed by atoms with Gasteiger partial charge in [-0.15, -0.1) is 11.8 Å². The van der Waals surface area contributed by atoms with Gasteiger partial charge in [0.1, 0.15) is 0 Å². The zero-order valence-corrected chi connectivity index (χ0v) is 15.4. The number of nitrogens with zero attached hydrogens (tertiary/aromatic N) is 1. The second-order valence-electron chi connectivity index (χ2n) is 8.73. The zero-order valence-electron chi connectivity index (χ0n) is 14.5. The predicted molar refractivity (Wildman–Crippen MR) is 100 cm³/mol. The lowest BCUT2D eigenvalue weighted by atomic mass is 9.56. The minimum absolute atomic E-state index is 0.0902. The van der Waals surface area contributed by atoms with E-state index < -0.39 is 0 Å². The summed E-state index contributed by atoms with van der Waals surface area (Å²) in [6, 6.07) is 8.42. The first-order valence-corrected chi connectivity index (χ1v) is 10.6. The molecule has 0 aromatic heterocycles. The van der Waals surface area contributed by atoms with Gasteiger partial charge in [-0.3, -0.25) is 4.79 Å². The monoisotopic (exact) mass is 341 g/mol. The van der Waals surface area contributed by atoms with E-state index in [0.717, 1.165) is 36.4 Å². The fourth-order valence-corrected chi connectivity index (χ4v) is 8.36. The van der Waals surface area contributed by atoms with Crippen molar-refractivity contribution in [3.8, 4) is 0 Å². The average molecular weight is 342 g/mol. The maximum atomic E-state index is 13.1. The van der Waals surface area contributed by atoms with Crippen LogP contribution in [0.1, 0.15) is 51.0 Å². The van der Waals surface area contributed by atoms with Gasteiger partial charge in [-0.1, -0.05) is 18.2 Å². The highest BCUT2D eigenvalue weighted by Gasteiger charge is 2.52. The van der Waals surface area contributed by atoms with E-state index in [-0.39, 0.29) is 5.25 Å². The van der Waals surface area contributed by atoms with E-state index in [1.165, 1.54) is 44.1 Å². The first-order valence-electron chi connectivity index (χ1n) is 9.69. The largest absolute Gasteiger partial charge is 0.311 e. The number of hydrogen-bond donors (Lipinski definition) is 0. The van der Waals surface area contributed by atoms with Crippen LogP contribution >= 0.6 is 11.8 Å². The first kappa shape index (κ1) is 15.3. The molecule has 5 aliphatic rings. The summed E-state index contributed by atoms with van der Waals surface area (Å²) >= 11 is 2.04. The summed E-state index contributed by atoms with van der Waals surface area (Å²) in [5, 5.41) is 0.0902. The second kappa shape index (κ2) is 5.52. The van der Waals surface area contributed by atoms with Crippen LogP contribution in [0, 0.1) is 17.8 Å². The fourth-order valence-electron chi connectivity index (χ4n) is 6.39. The number of para-hydroxylation sites is 1. The number of thioether (sulfide) groups is 1. The van der Waals surface area contributed by atoms with Crippen LogP contribution in [-0.2, 0) is 11.2 Å². The normalized spacial score (nSPS) is 37.5. The summed E-state index contributed by atoms with van der Waals surface area (Å²) in [6.45, 7) is 3.02. The van der Waals surface area contributed by atoms with Gasteiger partial charge in [0.05, 0.1) is 5.25 Å². The predicted octanol–water partition coefficient (Wildman–Crippen LogP) is 4.67. The summed E-state index contributed by atoms with van der Waals surface area (Å²) in [6.07, 6.45) is 9.55. The van der Waals surface area contributed by atoms with E-state index in [4.69, 9.17) is 0 Å². The Morgan fingerprint density at radius 1 is 1.12 bits per heavy atom. The Hall–Kier alpha value is -0.960. The molecule has 1 aliphatic heterocycles. The fraction of sp³-hybridized carbons (Fsp3) is 0.667. The molecule has 128 valence electrons. The molecule has 0 unspecified atom stereocenters. The minimum Gasteiger partial charge on any atom is -0.311 e. The van der Waals surface area contributed by atoms with Gasteiger partial charge in [-0.05, 0) is 81.3 Å². The molecule has 3 heteroatoms. The maximum Gasteiger partial charge on any atom is 0.239 e. The Kier molecular flexibility index (Phi) is 3.52. The minimum atomic E-state index is 0.0902. The van der Waals surface area contributed by atoms with Gasteiger partial charge in [0.15, 0.2) is 0 Å². The second-order valence-corrected chi connectivity index (χ2v) is 10.5. The van der Waals surface area contributed by atoms with Crippen molar-refractivity contribution >= 4 is 23.4 Å². The number of carbonyl (C=O) groups is 1. The number of carbonyl (C=O) groups excluding carboxylic acids is 1. The number of amides is 1. The molecular weight excluding hydrogens is 314 g/mol. The van der Waals surface area contributed by atoms with Crippen molar-refractivity contribution in [2.24, 2.45) is 17.8 Å². The van der Waals surface area contributed by atoms with E-state index in [9.17, 15) is 4.79 Å². The third-order valence-electron chi connectivity index (χ3n) is 6.91. The molecule has 1 heterocycles. The molecule has 2 nitrogen and oxygen atoms in total. The molecule has 1 aromatic carbocycles. The van der Waals surface area contributed by atoms with Crippen molar-refractivity contribution in [2.75, 3.05) is 11.4 Å². The molecule has 1 aromatic rings. The van der Waals surface area contributed by atoms with Crippen LogP contribution in [0.5, 0.6) is 0 Å². The van der Waals surface area contributed by atoms with Crippen LogP contribution in [0.2, 0.25) is 0 Å². The van der Waals surface area contributed by atoms with Crippen LogP contribution in [0.15, 0.2) is 24.3 Å². The number of fused-ring (bicyclic) bond motifs is 1. The summed E-state index contributed by atoms with van der Waals surface area (Å²) in [4.78, 5) is 15.2. The molecule has 4 bridgehead atoms. The Morgan fingerprint density at radius 3 is 2.42 bits per heavy atom. The van der Waals surface area contributed by atoms with E-state index in [2.05, 4.69) is 31.2 Å². The number of hydrogen-bond acceptors (Lipinski definition) is 2. The topological polar surface area (TPSA) is 20.3 Å². The smallest absolute Gasteiger partial charge is 0.239 e. The van der Waals surface area contributed by atoms with Crippen LogP contribution in [0.3, 0.4) is 0 Å². The van der Waals surface area contributed by atoms with Gasteiger partial charge < -0.3 is 4.90 Å². The molecular formula is C21H27NOS. The molecule has 0 N–H and O–H groups in total. The lowest BCUT2D eigenvalue weighted by Crippen LogP contribution is -2.50. The van der Waals surface area contributed by atoms with Gasteiger partial charge in [0.25, 0.3) is 0 Å². The molecule has 4 saturated carbocycles. The quantitative estimate of drug-likeness (QED) is 0.796. The van der Waals surface area contributed by atoms with Gasteiger partial charge in [-0.25, -0.2) is 0 Å². The average Bonchev–Trinajstić information content (AvgIpc) is 2.96. The van der Waals surface area contributed by atoms with Crippen molar-refractivity contribution in [3.05, 3.63) is 29.8 Å². The van der Waals surface area contributed by atoms with Crippen molar-refractivity contribution in [2.45, 2.75) is 61.9 Å². The third-order valence-corrected chi connectivity index (χ3v) is 8.46. The molecule has 1 amide bonds. The summed E-state index contributed by atoms with van der Waals surface area (Å²) in [5.74, 6) is 3.20. The van der Waals surface area contributed by atoms with Crippen molar-refractivity contribution in [3.63, 3.8) is 0 Å². The lowest BCUT2D eigenvalue weighted by molar-refractivity contribution is -0.117. The van der Waals surface area contributed by atoms with Crippen LogP contribution in [-0.4, -0.2) is 22.4 Å². The summed E-state index contributed by atoms with van der Waals surface area (Å²) in [7, 11) is 0. The zero-order chi connectivity index (χ0) is 16.3. The lowest BCUT2D eigenvalue weighted by Gasteiger charge is -2.57. The molecule has 1 atom stereocenters. The van der Waals surface area contributed by atoms with Gasteiger partial charge in [0, 0.05) is 17.0 Å². The van der Waals surface area contributed by atoms with Crippen molar-refractivity contribution < 1.29 is 4.79 Å². The van der Waals surface area contributed by atoms with Gasteiger partial charge in [-0.2, -0.15) is 0 Å². The molecule has 0 radical (unpaired) electrons. The molecule has 0 saturated heterocycles. The Morgan fingerprint density at radius 2 is 1.75 bits per heavy atom. The van der Waals surface area contributed by atoms with E-state index in [1.807, 2.05) is 16.7 Å². The molecule has 6 rings (SSSR count). The number of anilines is 1. The van der Waals surface area contributed by atoms with Crippen LogP contribution in [0.4, 0.5) is 5.69 Å². The highest BCUT2D eigenvalue weighted by molar-refractivity contribution is 8.01. The third kappa shape index (κ3) is 2.42. The van der Waals surface area contributed by atoms with Crippen molar-refractivity contribution in [1.82, 2.24) is 0 Å². The van der Waals surface area contributed by atoms with Crippen LogP contribution < -0.4 is 4.90 Å². The number of rotatable bonds is 3. The Labute approximate surface area is 149 Å². The molecule has 24 heavy (non-hydrogen) atoms. The van der Waals surface area contributed by atoms with Crippen LogP contribution in [0.25, 0.3) is 0 Å². The molecule has 4 fully saturated rings. The SMILES string of the molecule is C[C@H](SC12CC3CC(CC(C3)C1)C2)C(=O)N1CCc2ccccc21. The van der Waals surface area contributed by atoms with Gasteiger partial charge >= 0.3 is 0 Å². The first-order chi connectivity index (χ1) is 11.6. The molecule has 0 spiro atoms. The van der Waals surface area contributed by atoms with E-state index in [1.54, 1.807) is 0 Å². The van der Waals surface area contributed by atoms with E-state index in [0.29, 0.717) is 10.7 Å². The van der Waals surface area contributed by atoms with E-state index >= 15 is 0 Å². The number of benzene rings is 1. The maximum absolute atomic E-state index is 13.1. The summed E-state index contributed by atoms with van der Waals surface area (Å²) < 4.78 is 0.420. The highest BCUT2D eigenvalue weighted by atomic mass is 32.2. The molecule has 4 aliphatic carbocycles. The summed E-state index contributed by atoms with van der Waals surface area (Å²) in [5.41, 5.74) is 2.48. The highest BCUT2D eigenvalue weighted by Crippen LogP contribution is 2.61. The Bertz CT molecular complexity index is 634. The Balaban J connectivity index is 1.32. The van der Waals surface area contributed by atoms with Gasteiger partial charge in [0.2, 0.25) is 5.91 Å².